The molecule has 2 aromatic heterocycles. The first-order valence-corrected chi connectivity index (χ1v) is 13.3. The van der Waals surface area contributed by atoms with E-state index < -0.39 is 5.82 Å². The topological polar surface area (TPSA) is 77.7 Å². The summed E-state index contributed by atoms with van der Waals surface area (Å²) in [6, 6.07) is 8.71. The van der Waals surface area contributed by atoms with E-state index in [0.29, 0.717) is 11.6 Å². The van der Waals surface area contributed by atoms with Crippen molar-refractivity contribution < 1.29 is 4.39 Å². The predicted molar refractivity (Wildman–Crippen MR) is 149 cm³/mol. The van der Waals surface area contributed by atoms with Gasteiger partial charge in [-0.1, -0.05) is 18.5 Å². The maximum Gasteiger partial charge on any atom is 0.227 e. The highest BCUT2D eigenvalue weighted by atomic mass is 35.5. The molecule has 2 fully saturated rings. The Morgan fingerprint density at radius 2 is 1.62 bits per heavy atom. The first kappa shape index (κ1) is 25.5. The number of nitrogens with two attached hydrogens (primary N) is 1. The Bertz CT molecular complexity index is 1240. The lowest BCUT2D eigenvalue weighted by molar-refractivity contribution is 0.257. The Morgan fingerprint density at radius 3 is 2.30 bits per heavy atom. The van der Waals surface area contributed by atoms with Crippen LogP contribution in [-0.2, 0) is 0 Å². The summed E-state index contributed by atoms with van der Waals surface area (Å²) in [5.41, 5.74) is 9.18. The lowest BCUT2D eigenvalue weighted by atomic mass is 10.1. The van der Waals surface area contributed by atoms with Gasteiger partial charge in [0.1, 0.15) is 17.5 Å². The van der Waals surface area contributed by atoms with Crippen molar-refractivity contribution in [1.82, 2.24) is 19.9 Å². The molecule has 0 spiro atoms. The van der Waals surface area contributed by atoms with Gasteiger partial charge in [-0.05, 0) is 49.7 Å². The molecule has 0 radical (unpaired) electrons. The van der Waals surface area contributed by atoms with Crippen LogP contribution in [0.15, 0.2) is 36.5 Å². The zero-order valence-corrected chi connectivity index (χ0v) is 22.3. The molecule has 3 aromatic rings. The van der Waals surface area contributed by atoms with Crippen LogP contribution in [0.2, 0.25) is 5.02 Å². The van der Waals surface area contributed by atoms with E-state index >= 15 is 0 Å². The molecule has 1 aromatic carbocycles. The molecule has 10 heteroatoms. The van der Waals surface area contributed by atoms with Gasteiger partial charge in [-0.25, -0.2) is 14.4 Å². The van der Waals surface area contributed by atoms with E-state index in [1.54, 1.807) is 18.3 Å². The van der Waals surface area contributed by atoms with Crippen molar-refractivity contribution in [3.63, 3.8) is 0 Å². The summed E-state index contributed by atoms with van der Waals surface area (Å²) in [6.45, 7) is 12.4. The van der Waals surface area contributed by atoms with Gasteiger partial charge in [0.2, 0.25) is 5.95 Å². The highest BCUT2D eigenvalue weighted by Crippen LogP contribution is 2.29. The number of halogens is 2. The molecule has 5 rings (SSSR count). The van der Waals surface area contributed by atoms with Crippen LogP contribution >= 0.6 is 11.6 Å². The van der Waals surface area contributed by atoms with E-state index in [1.807, 2.05) is 19.1 Å². The number of hydrogen-bond donors (Lipinski definition) is 1. The molecule has 0 amide bonds. The number of nitrogens with zero attached hydrogens (tertiary/aromatic N) is 7. The molecule has 2 N–H and O–H groups in total. The lowest BCUT2D eigenvalue weighted by Gasteiger charge is -2.38. The fourth-order valence-corrected chi connectivity index (χ4v) is 5.26. The van der Waals surface area contributed by atoms with Crippen LogP contribution in [0.25, 0.3) is 11.3 Å². The Hall–Kier alpha value is -3.17. The molecule has 2 aliphatic heterocycles. The lowest BCUT2D eigenvalue weighted by Crippen LogP contribution is -2.48. The molecule has 0 bridgehead atoms. The maximum atomic E-state index is 13.9. The van der Waals surface area contributed by atoms with Gasteiger partial charge in [-0.3, -0.25) is 4.90 Å². The summed E-state index contributed by atoms with van der Waals surface area (Å²) in [4.78, 5) is 23.8. The van der Waals surface area contributed by atoms with E-state index in [4.69, 9.17) is 27.3 Å². The number of anilines is 4. The van der Waals surface area contributed by atoms with E-state index in [-0.39, 0.29) is 5.02 Å². The van der Waals surface area contributed by atoms with Crippen LogP contribution in [0.1, 0.15) is 18.9 Å². The largest absolute Gasteiger partial charge is 0.397 e. The second kappa shape index (κ2) is 11.1. The van der Waals surface area contributed by atoms with Gasteiger partial charge in [0.05, 0.1) is 22.6 Å². The van der Waals surface area contributed by atoms with E-state index in [0.717, 1.165) is 93.8 Å². The molecule has 0 saturated carbocycles. The highest BCUT2D eigenvalue weighted by Gasteiger charge is 2.24. The summed E-state index contributed by atoms with van der Waals surface area (Å²) in [5, 5.41) is 0.0902. The van der Waals surface area contributed by atoms with Crippen LogP contribution in [0.4, 0.5) is 27.7 Å². The summed E-state index contributed by atoms with van der Waals surface area (Å²) >= 11 is 6.12. The SMILES string of the molecule is CCCN1CCN(c2nc(-c3ccc(F)c(Cl)c3)cc(N3CCN(c4ncc(N)cc4C)CC3)n2)CC1. The second-order valence-electron chi connectivity index (χ2n) is 9.75. The molecular weight excluding hydrogens is 491 g/mol. The fourth-order valence-electron chi connectivity index (χ4n) is 5.08. The van der Waals surface area contributed by atoms with Crippen molar-refractivity contribution in [1.29, 1.82) is 0 Å². The number of aryl methyl sites for hydroxylation is 1. The smallest absolute Gasteiger partial charge is 0.227 e. The first-order chi connectivity index (χ1) is 17.9. The number of rotatable bonds is 6. The van der Waals surface area contributed by atoms with Crippen LogP contribution < -0.4 is 20.4 Å². The van der Waals surface area contributed by atoms with E-state index in [1.165, 1.54) is 6.07 Å². The molecule has 2 saturated heterocycles. The summed E-state index contributed by atoms with van der Waals surface area (Å²) < 4.78 is 13.9. The van der Waals surface area contributed by atoms with Crippen molar-refractivity contribution in [3.05, 3.63) is 52.9 Å². The number of pyridine rings is 1. The van der Waals surface area contributed by atoms with Crippen LogP contribution in [0.5, 0.6) is 0 Å². The number of aromatic nitrogens is 3. The molecule has 0 aliphatic carbocycles. The highest BCUT2D eigenvalue weighted by molar-refractivity contribution is 6.31. The van der Waals surface area contributed by atoms with Gasteiger partial charge in [0.25, 0.3) is 0 Å². The standard InChI is InChI=1S/C27H34ClFN8/c1-3-6-34-7-9-37(10-8-34)27-32-24(20-4-5-23(29)22(28)16-20)17-25(33-27)35-11-13-36(14-12-35)26-19(2)15-21(30)18-31-26/h4-5,15-18H,3,6-14,30H2,1-2H3. The molecule has 37 heavy (non-hydrogen) atoms. The number of nitrogen functional groups attached to an aromatic ring is 1. The summed E-state index contributed by atoms with van der Waals surface area (Å²) in [6.07, 6.45) is 2.87. The van der Waals surface area contributed by atoms with Gasteiger partial charge in [0.15, 0.2) is 0 Å². The van der Waals surface area contributed by atoms with Gasteiger partial charge in [-0.15, -0.1) is 0 Å². The zero-order valence-electron chi connectivity index (χ0n) is 21.5. The molecule has 8 nitrogen and oxygen atoms in total. The molecule has 0 unspecified atom stereocenters. The number of hydrogen-bond acceptors (Lipinski definition) is 8. The number of piperazine rings is 2. The van der Waals surface area contributed by atoms with Crippen molar-refractivity contribution in [2.75, 3.05) is 79.3 Å². The third-order valence-corrected chi connectivity index (χ3v) is 7.38. The quantitative estimate of drug-likeness (QED) is 0.517. The van der Waals surface area contributed by atoms with E-state index in [2.05, 4.69) is 31.5 Å². The van der Waals surface area contributed by atoms with Crippen molar-refractivity contribution in [3.8, 4) is 11.3 Å². The van der Waals surface area contributed by atoms with Crippen LogP contribution in [0, 0.1) is 12.7 Å². The second-order valence-corrected chi connectivity index (χ2v) is 10.2. The maximum absolute atomic E-state index is 13.9. The van der Waals surface area contributed by atoms with E-state index in [9.17, 15) is 4.39 Å². The van der Waals surface area contributed by atoms with Crippen LogP contribution in [0.3, 0.4) is 0 Å². The Balaban J connectivity index is 1.40. The monoisotopic (exact) mass is 524 g/mol. The van der Waals surface area contributed by atoms with Crippen molar-refractivity contribution >= 4 is 34.9 Å². The van der Waals surface area contributed by atoms with Crippen LogP contribution in [-0.4, -0.2) is 78.8 Å². The Kier molecular flexibility index (Phi) is 7.62. The zero-order chi connectivity index (χ0) is 25.9. The minimum absolute atomic E-state index is 0.0902. The van der Waals surface area contributed by atoms with Gasteiger partial charge < -0.3 is 20.4 Å². The van der Waals surface area contributed by atoms with Crippen molar-refractivity contribution in [2.45, 2.75) is 20.3 Å². The molecule has 0 atom stereocenters. The average Bonchev–Trinajstić information content (AvgIpc) is 2.91. The first-order valence-electron chi connectivity index (χ1n) is 12.9. The normalized spacial score (nSPS) is 16.9. The third kappa shape index (κ3) is 5.72. The molecular formula is C27H34ClFN8. The number of benzene rings is 1. The fraction of sp³-hybridized carbons (Fsp3) is 0.444. The van der Waals surface area contributed by atoms with Gasteiger partial charge in [-0.2, -0.15) is 4.98 Å². The Labute approximate surface area is 222 Å². The predicted octanol–water partition coefficient (Wildman–Crippen LogP) is 4.08. The molecule has 2 aliphatic rings. The minimum atomic E-state index is -0.436. The van der Waals surface area contributed by atoms with Gasteiger partial charge >= 0.3 is 0 Å². The average molecular weight is 525 g/mol. The minimum Gasteiger partial charge on any atom is -0.397 e. The third-order valence-electron chi connectivity index (χ3n) is 7.09. The van der Waals surface area contributed by atoms with Crippen molar-refractivity contribution in [2.24, 2.45) is 0 Å². The van der Waals surface area contributed by atoms with Gasteiger partial charge in [0, 0.05) is 64.0 Å². The summed E-state index contributed by atoms with van der Waals surface area (Å²) in [7, 11) is 0. The Morgan fingerprint density at radius 1 is 0.919 bits per heavy atom. The molecule has 4 heterocycles. The summed E-state index contributed by atoms with van der Waals surface area (Å²) in [5.74, 6) is 2.12. The molecule has 196 valence electrons.